The highest BCUT2D eigenvalue weighted by atomic mass is 16.5. The van der Waals surface area contributed by atoms with E-state index in [1.165, 1.54) is 6.20 Å². The van der Waals surface area contributed by atoms with Crippen molar-refractivity contribution in [3.05, 3.63) is 40.8 Å². The quantitative estimate of drug-likeness (QED) is 0.773. The molecule has 0 bridgehead atoms. The van der Waals surface area contributed by atoms with Crippen molar-refractivity contribution in [2.24, 2.45) is 10.2 Å². The minimum Gasteiger partial charge on any atom is -0.497 e. The van der Waals surface area contributed by atoms with Gasteiger partial charge in [0.2, 0.25) is 0 Å². The molecule has 1 aromatic heterocycles. The summed E-state index contributed by atoms with van der Waals surface area (Å²) in [5, 5.41) is 12.6. The van der Waals surface area contributed by atoms with E-state index in [0.717, 1.165) is 5.75 Å². The Bertz CT molecular complexity index is 538. The molecule has 0 atom stereocenters. The molecule has 0 fully saturated rings. The minimum atomic E-state index is -0.294. The molecule has 0 spiro atoms. The van der Waals surface area contributed by atoms with E-state index < -0.39 is 0 Å². The summed E-state index contributed by atoms with van der Waals surface area (Å²) in [5.41, 5.74) is 0.606. The lowest BCUT2D eigenvalue weighted by molar-refractivity contribution is 0.415. The number of nitrogens with one attached hydrogen (secondary N) is 2. The van der Waals surface area contributed by atoms with Gasteiger partial charge in [-0.2, -0.15) is 5.11 Å². The minimum absolute atomic E-state index is 0.246. The number of aromatic nitrogens is 2. The van der Waals surface area contributed by atoms with Crippen LogP contribution in [0, 0.1) is 0 Å². The zero-order valence-corrected chi connectivity index (χ0v) is 8.60. The second-order valence-corrected chi connectivity index (χ2v) is 3.03. The summed E-state index contributed by atoms with van der Waals surface area (Å²) in [6, 6.07) is 7.05. The zero-order chi connectivity index (χ0) is 11.4. The topological polar surface area (TPSA) is 82.6 Å². The number of rotatable bonds is 3. The van der Waals surface area contributed by atoms with E-state index in [1.54, 1.807) is 31.4 Å². The highest BCUT2D eigenvalue weighted by molar-refractivity contribution is 5.41. The number of methoxy groups -OCH3 is 1. The summed E-state index contributed by atoms with van der Waals surface area (Å²) in [4.78, 5) is 11.1. The molecular formula is C10H10N4O2. The summed E-state index contributed by atoms with van der Waals surface area (Å²) in [5.74, 6) is 0.749. The summed E-state index contributed by atoms with van der Waals surface area (Å²) in [7, 11) is 1.59. The Labute approximate surface area is 91.0 Å². The predicted octanol–water partition coefficient (Wildman–Crippen LogP) is 2.13. The first-order valence-corrected chi connectivity index (χ1v) is 4.61. The third kappa shape index (κ3) is 2.17. The van der Waals surface area contributed by atoms with Gasteiger partial charge in [0.15, 0.2) is 5.69 Å². The first kappa shape index (κ1) is 10.2. The normalized spacial score (nSPS) is 10.8. The van der Waals surface area contributed by atoms with Gasteiger partial charge in [-0.05, 0) is 24.3 Å². The molecule has 0 saturated heterocycles. The molecule has 0 unspecified atom stereocenters. The van der Waals surface area contributed by atoms with E-state index in [1.807, 2.05) is 0 Å². The van der Waals surface area contributed by atoms with Gasteiger partial charge in [0, 0.05) is 0 Å². The number of H-pyrrole nitrogens is 2. The van der Waals surface area contributed by atoms with E-state index in [9.17, 15) is 4.79 Å². The first-order chi connectivity index (χ1) is 7.79. The van der Waals surface area contributed by atoms with Crippen LogP contribution >= 0.6 is 0 Å². The van der Waals surface area contributed by atoms with Crippen LogP contribution in [-0.4, -0.2) is 17.3 Å². The Morgan fingerprint density at radius 2 is 1.94 bits per heavy atom. The van der Waals surface area contributed by atoms with E-state index in [0.29, 0.717) is 5.69 Å². The van der Waals surface area contributed by atoms with Crippen LogP contribution in [0.25, 0.3) is 0 Å². The summed E-state index contributed by atoms with van der Waals surface area (Å²) in [6.45, 7) is 0. The fourth-order valence-corrected chi connectivity index (χ4v) is 1.13. The SMILES string of the molecule is COc1ccc(/N=N/c2c[nH][nH]c2=O)cc1. The standard InChI is InChI=1S/C10H10N4O2/c1-16-8-4-2-7(3-5-8)12-13-9-6-11-14-10(9)15/h2-6H,1H3,(H2,11,14,15)/b13-12+. The maximum Gasteiger partial charge on any atom is 0.291 e. The van der Waals surface area contributed by atoms with Crippen molar-refractivity contribution in [2.75, 3.05) is 7.11 Å². The molecule has 0 aliphatic rings. The van der Waals surface area contributed by atoms with Gasteiger partial charge in [-0.25, -0.2) is 0 Å². The van der Waals surface area contributed by atoms with Crippen molar-refractivity contribution in [1.29, 1.82) is 0 Å². The van der Waals surface area contributed by atoms with Gasteiger partial charge in [0.1, 0.15) is 5.75 Å². The van der Waals surface area contributed by atoms with Crippen molar-refractivity contribution in [1.82, 2.24) is 10.2 Å². The number of hydrogen-bond donors (Lipinski definition) is 2. The van der Waals surface area contributed by atoms with E-state index >= 15 is 0 Å². The summed E-state index contributed by atoms with van der Waals surface area (Å²) in [6.07, 6.45) is 1.45. The lowest BCUT2D eigenvalue weighted by Crippen LogP contribution is -1.96. The van der Waals surface area contributed by atoms with Crippen LogP contribution in [0.15, 0.2) is 45.5 Å². The van der Waals surface area contributed by atoms with Crippen LogP contribution in [0.2, 0.25) is 0 Å². The lowest BCUT2D eigenvalue weighted by Gasteiger charge is -1.97. The van der Waals surface area contributed by atoms with Crippen LogP contribution in [0.1, 0.15) is 0 Å². The van der Waals surface area contributed by atoms with Crippen LogP contribution < -0.4 is 10.3 Å². The van der Waals surface area contributed by atoms with Crippen molar-refractivity contribution in [3.8, 4) is 5.75 Å². The van der Waals surface area contributed by atoms with Crippen molar-refractivity contribution >= 4 is 11.4 Å². The number of benzene rings is 1. The van der Waals surface area contributed by atoms with E-state index in [-0.39, 0.29) is 11.2 Å². The molecule has 0 aliphatic heterocycles. The van der Waals surface area contributed by atoms with Gasteiger partial charge < -0.3 is 9.84 Å². The average molecular weight is 218 g/mol. The number of aromatic amines is 2. The van der Waals surface area contributed by atoms with Crippen molar-refractivity contribution in [2.45, 2.75) is 0 Å². The van der Waals surface area contributed by atoms with E-state index in [2.05, 4.69) is 20.4 Å². The Kier molecular flexibility index (Phi) is 2.81. The molecular weight excluding hydrogens is 208 g/mol. The molecule has 16 heavy (non-hydrogen) atoms. The second kappa shape index (κ2) is 4.43. The van der Waals surface area contributed by atoms with Gasteiger partial charge >= 0.3 is 0 Å². The third-order valence-corrected chi connectivity index (χ3v) is 1.97. The molecule has 2 N–H and O–H groups in total. The Morgan fingerprint density at radius 1 is 1.19 bits per heavy atom. The fraction of sp³-hybridized carbons (Fsp3) is 0.100. The Morgan fingerprint density at radius 3 is 2.50 bits per heavy atom. The molecule has 2 aromatic rings. The van der Waals surface area contributed by atoms with Gasteiger partial charge in [0.05, 0.1) is 19.0 Å². The molecule has 1 heterocycles. The van der Waals surface area contributed by atoms with Crippen LogP contribution in [-0.2, 0) is 0 Å². The summed E-state index contributed by atoms with van der Waals surface area (Å²) >= 11 is 0. The highest BCUT2D eigenvalue weighted by Crippen LogP contribution is 2.19. The number of azo groups is 1. The van der Waals surface area contributed by atoms with Crippen molar-refractivity contribution < 1.29 is 4.74 Å². The number of ether oxygens (including phenoxy) is 1. The first-order valence-electron chi connectivity index (χ1n) is 4.61. The maximum atomic E-state index is 11.1. The Hall–Kier alpha value is -2.37. The largest absolute Gasteiger partial charge is 0.497 e. The molecule has 0 aliphatic carbocycles. The smallest absolute Gasteiger partial charge is 0.291 e. The third-order valence-electron chi connectivity index (χ3n) is 1.97. The molecule has 82 valence electrons. The molecule has 0 radical (unpaired) electrons. The zero-order valence-electron chi connectivity index (χ0n) is 8.60. The predicted molar refractivity (Wildman–Crippen MR) is 58.6 cm³/mol. The van der Waals surface area contributed by atoms with Gasteiger partial charge in [-0.3, -0.25) is 9.89 Å². The Balaban J connectivity index is 2.18. The van der Waals surface area contributed by atoms with Gasteiger partial charge in [-0.1, -0.05) is 0 Å². The van der Waals surface area contributed by atoms with Crippen LogP contribution in [0.4, 0.5) is 11.4 Å². The molecule has 0 saturated carbocycles. The maximum absolute atomic E-state index is 11.1. The average Bonchev–Trinajstić information content (AvgIpc) is 2.73. The molecule has 0 amide bonds. The molecule has 6 heteroatoms. The number of hydrogen-bond acceptors (Lipinski definition) is 4. The van der Waals surface area contributed by atoms with Crippen LogP contribution in [0.5, 0.6) is 5.75 Å². The molecule has 1 aromatic carbocycles. The van der Waals surface area contributed by atoms with Gasteiger partial charge in [0.25, 0.3) is 5.56 Å². The van der Waals surface area contributed by atoms with Crippen LogP contribution in [0.3, 0.4) is 0 Å². The second-order valence-electron chi connectivity index (χ2n) is 3.03. The fourth-order valence-electron chi connectivity index (χ4n) is 1.13. The van der Waals surface area contributed by atoms with Crippen molar-refractivity contribution in [3.63, 3.8) is 0 Å². The highest BCUT2D eigenvalue weighted by Gasteiger charge is 1.97. The molecule has 6 nitrogen and oxygen atoms in total. The monoisotopic (exact) mass is 218 g/mol. The number of nitrogens with zero attached hydrogens (tertiary/aromatic N) is 2. The van der Waals surface area contributed by atoms with Gasteiger partial charge in [-0.15, -0.1) is 5.11 Å². The summed E-state index contributed by atoms with van der Waals surface area (Å²) < 4.78 is 5.01. The van der Waals surface area contributed by atoms with E-state index in [4.69, 9.17) is 4.74 Å². The molecule has 2 rings (SSSR count). The lowest BCUT2D eigenvalue weighted by atomic mass is 10.3.